The van der Waals surface area contributed by atoms with Crippen molar-refractivity contribution in [2.45, 2.75) is 6.92 Å². The highest BCUT2D eigenvalue weighted by Gasteiger charge is 2.10. The molecule has 0 aliphatic carbocycles. The zero-order chi connectivity index (χ0) is 18.1. The van der Waals surface area contributed by atoms with Crippen LogP contribution in [0.15, 0.2) is 42.5 Å². The van der Waals surface area contributed by atoms with Gasteiger partial charge in [0.15, 0.2) is 11.5 Å². The molecule has 0 spiro atoms. The van der Waals surface area contributed by atoms with Crippen LogP contribution < -0.4 is 19.5 Å². The van der Waals surface area contributed by atoms with Crippen molar-refractivity contribution in [3.8, 4) is 17.2 Å². The van der Waals surface area contributed by atoms with E-state index < -0.39 is 0 Å². The Bertz CT molecular complexity index is 702. The van der Waals surface area contributed by atoms with Crippen molar-refractivity contribution >= 4 is 11.6 Å². The number of hydrogen-bond acceptors (Lipinski definition) is 5. The van der Waals surface area contributed by atoms with E-state index in [4.69, 9.17) is 18.9 Å². The molecule has 0 heterocycles. The van der Waals surface area contributed by atoms with E-state index in [1.54, 1.807) is 56.7 Å². The van der Waals surface area contributed by atoms with Crippen LogP contribution in [0.2, 0.25) is 0 Å². The molecule has 1 amide bonds. The molecule has 25 heavy (non-hydrogen) atoms. The minimum Gasteiger partial charge on any atom is -0.493 e. The van der Waals surface area contributed by atoms with Gasteiger partial charge in [0.05, 0.1) is 20.8 Å². The predicted octanol–water partition coefficient (Wildman–Crippen LogP) is 3.37. The minimum absolute atomic E-state index is 0.234. The van der Waals surface area contributed by atoms with Crippen LogP contribution >= 0.6 is 0 Å². The third kappa shape index (κ3) is 5.39. The number of anilines is 1. The lowest BCUT2D eigenvalue weighted by molar-refractivity contribution is 0.102. The van der Waals surface area contributed by atoms with Crippen LogP contribution in [0.5, 0.6) is 17.2 Å². The lowest BCUT2D eigenvalue weighted by Crippen LogP contribution is -2.12. The normalized spacial score (nSPS) is 10.2. The van der Waals surface area contributed by atoms with Crippen LogP contribution in [0.3, 0.4) is 0 Å². The Hall–Kier alpha value is -2.73. The molecule has 0 aromatic heterocycles. The molecule has 0 saturated heterocycles. The zero-order valence-corrected chi connectivity index (χ0v) is 14.7. The second-order valence-electron chi connectivity index (χ2n) is 5.10. The summed E-state index contributed by atoms with van der Waals surface area (Å²) in [5, 5.41) is 2.83. The van der Waals surface area contributed by atoms with Gasteiger partial charge in [-0.1, -0.05) is 6.07 Å². The third-order valence-electron chi connectivity index (χ3n) is 3.44. The average molecular weight is 345 g/mol. The molecule has 2 rings (SSSR count). The first-order valence-electron chi connectivity index (χ1n) is 8.02. The topological polar surface area (TPSA) is 66.0 Å². The molecule has 134 valence electrons. The Morgan fingerprint density at radius 1 is 1.00 bits per heavy atom. The molecule has 0 atom stereocenters. The molecule has 0 saturated carbocycles. The van der Waals surface area contributed by atoms with Gasteiger partial charge in [0.1, 0.15) is 12.4 Å². The summed E-state index contributed by atoms with van der Waals surface area (Å²) in [6, 6.07) is 12.2. The molecule has 2 aromatic carbocycles. The maximum Gasteiger partial charge on any atom is 0.255 e. The molecule has 0 bridgehead atoms. The monoisotopic (exact) mass is 345 g/mol. The van der Waals surface area contributed by atoms with Crippen LogP contribution in [0.4, 0.5) is 5.69 Å². The van der Waals surface area contributed by atoms with Crippen molar-refractivity contribution in [2.75, 3.05) is 39.4 Å². The third-order valence-corrected chi connectivity index (χ3v) is 3.44. The molecular weight excluding hydrogens is 322 g/mol. The molecular formula is C19H23NO5. The number of carbonyl (C=O) groups is 1. The van der Waals surface area contributed by atoms with Gasteiger partial charge >= 0.3 is 0 Å². The number of carbonyl (C=O) groups excluding carboxylic acids is 1. The van der Waals surface area contributed by atoms with E-state index in [0.29, 0.717) is 48.3 Å². The fourth-order valence-corrected chi connectivity index (χ4v) is 2.21. The van der Waals surface area contributed by atoms with Crippen molar-refractivity contribution < 1.29 is 23.7 Å². The molecule has 1 N–H and O–H groups in total. The van der Waals surface area contributed by atoms with Gasteiger partial charge in [0, 0.05) is 23.9 Å². The summed E-state index contributed by atoms with van der Waals surface area (Å²) in [4.78, 5) is 12.4. The largest absolute Gasteiger partial charge is 0.493 e. The molecule has 6 nitrogen and oxygen atoms in total. The van der Waals surface area contributed by atoms with Gasteiger partial charge in [-0.15, -0.1) is 0 Å². The fourth-order valence-electron chi connectivity index (χ4n) is 2.21. The molecule has 6 heteroatoms. The fraction of sp³-hybridized carbons (Fsp3) is 0.316. The summed E-state index contributed by atoms with van der Waals surface area (Å²) in [5.74, 6) is 1.54. The smallest absolute Gasteiger partial charge is 0.255 e. The van der Waals surface area contributed by atoms with Crippen LogP contribution in [-0.2, 0) is 4.74 Å². The first-order chi connectivity index (χ1) is 12.2. The van der Waals surface area contributed by atoms with Gasteiger partial charge in [0.25, 0.3) is 5.91 Å². The summed E-state index contributed by atoms with van der Waals surface area (Å²) in [6.45, 7) is 3.53. The Labute approximate surface area is 147 Å². The van der Waals surface area contributed by atoms with Gasteiger partial charge in [0.2, 0.25) is 0 Å². The van der Waals surface area contributed by atoms with E-state index in [2.05, 4.69) is 5.32 Å². The lowest BCUT2D eigenvalue weighted by Gasteiger charge is -2.11. The molecule has 0 fully saturated rings. The number of nitrogens with one attached hydrogen (secondary N) is 1. The Balaban J connectivity index is 2.03. The highest BCUT2D eigenvalue weighted by atomic mass is 16.5. The molecule has 0 unspecified atom stereocenters. The standard InChI is InChI=1S/C19H23NO5/c1-4-24-10-11-25-16-7-5-6-14(12-16)19(21)20-15-8-9-17(22-2)18(13-15)23-3/h5-9,12-13H,4,10-11H2,1-3H3,(H,20,21). The van der Waals surface area contributed by atoms with E-state index in [9.17, 15) is 4.79 Å². The van der Waals surface area contributed by atoms with Crippen LogP contribution in [-0.4, -0.2) is 39.9 Å². The Kier molecular flexibility index (Phi) is 7.10. The first-order valence-corrected chi connectivity index (χ1v) is 8.02. The highest BCUT2D eigenvalue weighted by molar-refractivity contribution is 6.04. The number of amides is 1. The number of ether oxygens (including phenoxy) is 4. The first kappa shape index (κ1) is 18.6. The summed E-state index contributed by atoms with van der Waals surface area (Å²) in [5.41, 5.74) is 1.12. The van der Waals surface area contributed by atoms with Crippen molar-refractivity contribution in [3.63, 3.8) is 0 Å². The summed E-state index contributed by atoms with van der Waals surface area (Å²) in [6.07, 6.45) is 0. The molecule has 0 aliphatic rings. The van der Waals surface area contributed by atoms with Crippen LogP contribution in [0.25, 0.3) is 0 Å². The van der Waals surface area contributed by atoms with Gasteiger partial charge in [-0.3, -0.25) is 4.79 Å². The van der Waals surface area contributed by atoms with Crippen molar-refractivity contribution in [3.05, 3.63) is 48.0 Å². The van der Waals surface area contributed by atoms with Gasteiger partial charge in [-0.05, 0) is 37.3 Å². The second-order valence-corrected chi connectivity index (χ2v) is 5.10. The average Bonchev–Trinajstić information content (AvgIpc) is 2.65. The number of methoxy groups -OCH3 is 2. The van der Waals surface area contributed by atoms with E-state index in [1.165, 1.54) is 0 Å². The zero-order valence-electron chi connectivity index (χ0n) is 14.7. The predicted molar refractivity (Wildman–Crippen MR) is 95.9 cm³/mol. The van der Waals surface area contributed by atoms with E-state index >= 15 is 0 Å². The maximum atomic E-state index is 12.4. The highest BCUT2D eigenvalue weighted by Crippen LogP contribution is 2.30. The molecule has 0 aliphatic heterocycles. The number of benzene rings is 2. The van der Waals surface area contributed by atoms with Gasteiger partial charge in [-0.25, -0.2) is 0 Å². The van der Waals surface area contributed by atoms with Crippen LogP contribution in [0.1, 0.15) is 17.3 Å². The van der Waals surface area contributed by atoms with E-state index in [0.717, 1.165) is 0 Å². The maximum absolute atomic E-state index is 12.4. The van der Waals surface area contributed by atoms with Crippen molar-refractivity contribution in [1.29, 1.82) is 0 Å². The summed E-state index contributed by atoms with van der Waals surface area (Å²) >= 11 is 0. The SMILES string of the molecule is CCOCCOc1cccc(C(=O)Nc2ccc(OC)c(OC)c2)c1. The summed E-state index contributed by atoms with van der Waals surface area (Å²) < 4.78 is 21.2. The second kappa shape index (κ2) is 9.54. The lowest BCUT2D eigenvalue weighted by atomic mass is 10.2. The van der Waals surface area contributed by atoms with Gasteiger partial charge in [-0.2, -0.15) is 0 Å². The molecule has 2 aromatic rings. The van der Waals surface area contributed by atoms with E-state index in [-0.39, 0.29) is 5.91 Å². The van der Waals surface area contributed by atoms with Gasteiger partial charge < -0.3 is 24.3 Å². The Morgan fingerprint density at radius 2 is 1.80 bits per heavy atom. The quantitative estimate of drug-likeness (QED) is 0.706. The minimum atomic E-state index is -0.234. The summed E-state index contributed by atoms with van der Waals surface area (Å²) in [7, 11) is 3.11. The molecule has 0 radical (unpaired) electrons. The van der Waals surface area contributed by atoms with E-state index in [1.807, 2.05) is 6.92 Å². The Morgan fingerprint density at radius 3 is 2.52 bits per heavy atom. The number of hydrogen-bond donors (Lipinski definition) is 1. The number of rotatable bonds is 9. The van der Waals surface area contributed by atoms with Crippen LogP contribution in [0, 0.1) is 0 Å². The van der Waals surface area contributed by atoms with Crippen molar-refractivity contribution in [2.24, 2.45) is 0 Å². The van der Waals surface area contributed by atoms with Crippen molar-refractivity contribution in [1.82, 2.24) is 0 Å².